The lowest BCUT2D eigenvalue weighted by Gasteiger charge is -1.98. The van der Waals surface area contributed by atoms with E-state index in [2.05, 4.69) is 36.2 Å². The molecule has 1 aromatic carbocycles. The fourth-order valence-electron chi connectivity index (χ4n) is 1.38. The van der Waals surface area contributed by atoms with Crippen LogP contribution in [0.25, 0.3) is 10.6 Å². The third-order valence-corrected chi connectivity index (χ3v) is 3.51. The standard InChI is InChI=1S/C12H12ClNS.ClH/c1-2-9-3-5-10(6-4-9)12-14-11(7-13)8-15-12;/h3-6,8H,2,7H2,1H3;1H/p-1. The topological polar surface area (TPSA) is 12.9 Å². The third-order valence-electron chi connectivity index (χ3n) is 2.30. The molecule has 0 radical (unpaired) electrons. The third kappa shape index (κ3) is 2.97. The molecule has 0 saturated carbocycles. The Morgan fingerprint density at radius 3 is 2.44 bits per heavy atom. The van der Waals surface area contributed by atoms with E-state index in [0.29, 0.717) is 5.88 Å². The molecule has 0 N–H and O–H groups in total. The van der Waals surface area contributed by atoms with Gasteiger partial charge in [0.2, 0.25) is 0 Å². The second-order valence-electron chi connectivity index (χ2n) is 3.33. The van der Waals surface area contributed by atoms with Gasteiger partial charge in [0.15, 0.2) is 0 Å². The predicted molar refractivity (Wildman–Crippen MR) is 66.5 cm³/mol. The molecular formula is C12H12Cl2NS-. The zero-order valence-electron chi connectivity index (χ0n) is 8.91. The summed E-state index contributed by atoms with van der Waals surface area (Å²) in [4.78, 5) is 4.44. The van der Waals surface area contributed by atoms with Crippen LogP contribution in [0, 0.1) is 0 Å². The Balaban J connectivity index is 0.00000128. The lowest BCUT2D eigenvalue weighted by molar-refractivity contribution is -0.00000302. The Morgan fingerprint density at radius 2 is 1.94 bits per heavy atom. The maximum absolute atomic E-state index is 5.72. The molecule has 2 rings (SSSR count). The Morgan fingerprint density at radius 1 is 1.25 bits per heavy atom. The van der Waals surface area contributed by atoms with Gasteiger partial charge in [0, 0.05) is 10.9 Å². The van der Waals surface area contributed by atoms with Gasteiger partial charge in [-0.1, -0.05) is 31.2 Å². The zero-order chi connectivity index (χ0) is 10.7. The second kappa shape index (κ2) is 6.24. The van der Waals surface area contributed by atoms with Gasteiger partial charge in [-0.25, -0.2) is 4.98 Å². The molecule has 2 aromatic rings. The smallest absolute Gasteiger partial charge is 0.123 e. The molecule has 1 aromatic heterocycles. The maximum atomic E-state index is 5.72. The fourth-order valence-corrected chi connectivity index (χ4v) is 2.44. The van der Waals surface area contributed by atoms with Crippen molar-refractivity contribution in [1.82, 2.24) is 4.98 Å². The van der Waals surface area contributed by atoms with E-state index >= 15 is 0 Å². The summed E-state index contributed by atoms with van der Waals surface area (Å²) in [6.45, 7) is 2.16. The lowest BCUT2D eigenvalue weighted by atomic mass is 10.1. The van der Waals surface area contributed by atoms with Crippen LogP contribution >= 0.6 is 22.9 Å². The van der Waals surface area contributed by atoms with Crippen LogP contribution in [0.1, 0.15) is 18.2 Å². The minimum absolute atomic E-state index is 0. The van der Waals surface area contributed by atoms with Crippen LogP contribution in [-0.4, -0.2) is 4.98 Å². The zero-order valence-corrected chi connectivity index (χ0v) is 11.2. The predicted octanol–water partition coefficient (Wildman–Crippen LogP) is 1.12. The van der Waals surface area contributed by atoms with E-state index in [-0.39, 0.29) is 12.4 Å². The van der Waals surface area contributed by atoms with Crippen molar-refractivity contribution in [2.24, 2.45) is 0 Å². The highest BCUT2D eigenvalue weighted by Crippen LogP contribution is 2.24. The van der Waals surface area contributed by atoms with Gasteiger partial charge in [0.05, 0.1) is 11.6 Å². The Labute approximate surface area is 111 Å². The van der Waals surface area contributed by atoms with Gasteiger partial charge in [-0.05, 0) is 12.0 Å². The van der Waals surface area contributed by atoms with E-state index in [1.165, 1.54) is 11.1 Å². The molecule has 16 heavy (non-hydrogen) atoms. The number of rotatable bonds is 3. The van der Waals surface area contributed by atoms with Gasteiger partial charge >= 0.3 is 0 Å². The van der Waals surface area contributed by atoms with Crippen molar-refractivity contribution in [2.75, 3.05) is 0 Å². The SMILES string of the molecule is CCc1ccc(-c2nc(CCl)cs2)cc1.[Cl-]. The number of hydrogen-bond acceptors (Lipinski definition) is 2. The molecule has 0 aliphatic heterocycles. The Kier molecular flexibility index (Phi) is 5.26. The van der Waals surface area contributed by atoms with E-state index in [0.717, 1.165) is 17.1 Å². The molecule has 4 heteroatoms. The second-order valence-corrected chi connectivity index (χ2v) is 4.45. The Bertz CT molecular complexity index is 437. The number of halogens is 2. The summed E-state index contributed by atoms with van der Waals surface area (Å²) in [6, 6.07) is 8.54. The summed E-state index contributed by atoms with van der Waals surface area (Å²) >= 11 is 7.36. The summed E-state index contributed by atoms with van der Waals surface area (Å²) in [5.74, 6) is 0.490. The number of thiazole rings is 1. The molecule has 0 bridgehead atoms. The van der Waals surface area contributed by atoms with Gasteiger partial charge in [-0.15, -0.1) is 22.9 Å². The molecular weight excluding hydrogens is 261 g/mol. The summed E-state index contributed by atoms with van der Waals surface area (Å²) in [7, 11) is 0. The summed E-state index contributed by atoms with van der Waals surface area (Å²) in [5, 5.41) is 3.06. The molecule has 0 aliphatic carbocycles. The average molecular weight is 273 g/mol. The molecule has 1 nitrogen and oxygen atoms in total. The van der Waals surface area contributed by atoms with E-state index in [9.17, 15) is 0 Å². The first kappa shape index (κ1) is 13.5. The molecule has 0 saturated heterocycles. The van der Waals surface area contributed by atoms with Crippen LogP contribution in [0.5, 0.6) is 0 Å². The monoisotopic (exact) mass is 272 g/mol. The van der Waals surface area contributed by atoms with Crippen molar-refractivity contribution >= 4 is 22.9 Å². The maximum Gasteiger partial charge on any atom is 0.123 e. The largest absolute Gasteiger partial charge is 1.00 e. The number of aryl methyl sites for hydroxylation is 1. The van der Waals surface area contributed by atoms with E-state index in [1.54, 1.807) is 11.3 Å². The summed E-state index contributed by atoms with van der Waals surface area (Å²) < 4.78 is 0. The molecule has 0 atom stereocenters. The first-order chi connectivity index (χ1) is 7.33. The highest BCUT2D eigenvalue weighted by Gasteiger charge is 2.03. The van der Waals surface area contributed by atoms with Crippen molar-refractivity contribution in [2.45, 2.75) is 19.2 Å². The van der Waals surface area contributed by atoms with E-state index < -0.39 is 0 Å². The minimum Gasteiger partial charge on any atom is -1.00 e. The van der Waals surface area contributed by atoms with Crippen LogP contribution in [0.4, 0.5) is 0 Å². The molecule has 1 heterocycles. The number of aromatic nitrogens is 1. The van der Waals surface area contributed by atoms with Crippen molar-refractivity contribution in [3.8, 4) is 10.6 Å². The molecule has 0 amide bonds. The van der Waals surface area contributed by atoms with Crippen molar-refractivity contribution < 1.29 is 12.4 Å². The van der Waals surface area contributed by atoms with Crippen molar-refractivity contribution in [3.63, 3.8) is 0 Å². The van der Waals surface area contributed by atoms with Crippen LogP contribution in [0.3, 0.4) is 0 Å². The van der Waals surface area contributed by atoms with Gasteiger partial charge in [0.1, 0.15) is 5.01 Å². The lowest BCUT2D eigenvalue weighted by Crippen LogP contribution is -3.00. The number of benzene rings is 1. The summed E-state index contributed by atoms with van der Waals surface area (Å²) in [6.07, 6.45) is 1.07. The van der Waals surface area contributed by atoms with Crippen LogP contribution in [0.2, 0.25) is 0 Å². The molecule has 0 aliphatic rings. The van der Waals surface area contributed by atoms with Gasteiger partial charge in [0.25, 0.3) is 0 Å². The first-order valence-corrected chi connectivity index (χ1v) is 6.34. The number of nitrogens with zero attached hydrogens (tertiary/aromatic N) is 1. The molecule has 0 unspecified atom stereocenters. The summed E-state index contributed by atoms with van der Waals surface area (Å²) in [5.41, 5.74) is 3.48. The van der Waals surface area contributed by atoms with Gasteiger partial charge < -0.3 is 12.4 Å². The Hall–Kier alpha value is -0.570. The normalized spacial score (nSPS) is 9.88. The molecule has 86 valence electrons. The van der Waals surface area contributed by atoms with Gasteiger partial charge in [-0.2, -0.15) is 0 Å². The van der Waals surface area contributed by atoms with Crippen LogP contribution in [-0.2, 0) is 12.3 Å². The fraction of sp³-hybridized carbons (Fsp3) is 0.250. The highest BCUT2D eigenvalue weighted by molar-refractivity contribution is 7.13. The van der Waals surface area contributed by atoms with E-state index in [4.69, 9.17) is 11.6 Å². The van der Waals surface area contributed by atoms with E-state index in [1.807, 2.05) is 5.38 Å². The van der Waals surface area contributed by atoms with Crippen LogP contribution in [0.15, 0.2) is 29.6 Å². The molecule has 0 fully saturated rings. The number of alkyl halides is 1. The van der Waals surface area contributed by atoms with Crippen LogP contribution < -0.4 is 12.4 Å². The number of hydrogen-bond donors (Lipinski definition) is 0. The minimum atomic E-state index is 0. The average Bonchev–Trinajstić information content (AvgIpc) is 2.78. The quantitative estimate of drug-likeness (QED) is 0.764. The van der Waals surface area contributed by atoms with Crippen molar-refractivity contribution in [1.29, 1.82) is 0 Å². The first-order valence-electron chi connectivity index (χ1n) is 4.93. The van der Waals surface area contributed by atoms with Crippen molar-refractivity contribution in [3.05, 3.63) is 40.9 Å². The van der Waals surface area contributed by atoms with Gasteiger partial charge in [-0.3, -0.25) is 0 Å². The highest BCUT2D eigenvalue weighted by atomic mass is 35.5. The molecule has 0 spiro atoms.